The lowest BCUT2D eigenvalue weighted by molar-refractivity contribution is -0.149. The van der Waals surface area contributed by atoms with Crippen LogP contribution in [0.2, 0.25) is 0 Å². The number of ether oxygens (including phenoxy) is 3. The van der Waals surface area contributed by atoms with Crippen LogP contribution in [0.4, 0.5) is 10.1 Å². The molecule has 3 rings (SSSR count). The van der Waals surface area contributed by atoms with E-state index in [9.17, 15) is 23.3 Å². The first-order chi connectivity index (χ1) is 17.8. The maximum atomic E-state index is 14.4. The number of carbonyl (C=O) groups excluding carboxylic acids is 3. The Hall–Kier alpha value is -3.27. The number of hydrogen-bond donors (Lipinski definition) is 2. The van der Waals surface area contributed by atoms with Crippen LogP contribution < -0.4 is 9.76 Å². The number of hydrogen-bond acceptors (Lipinski definition) is 7. The molecule has 0 saturated carbocycles. The first-order valence-electron chi connectivity index (χ1n) is 12.1. The highest BCUT2D eigenvalue weighted by Gasteiger charge is 2.45. The number of halogens is 1. The molecule has 0 spiro atoms. The minimum absolute atomic E-state index is 0.0507. The van der Waals surface area contributed by atoms with Crippen molar-refractivity contribution in [3.05, 3.63) is 52.1 Å². The Kier molecular flexibility index (Phi) is 8.97. The number of esters is 2. The van der Waals surface area contributed by atoms with Gasteiger partial charge in [0, 0.05) is 24.1 Å². The Morgan fingerprint density at radius 3 is 2.53 bits per heavy atom. The second-order valence-corrected chi connectivity index (χ2v) is 11.5. The molecule has 0 fully saturated rings. The van der Waals surface area contributed by atoms with Gasteiger partial charge in [-0.3, -0.25) is 14.2 Å². The highest BCUT2D eigenvalue weighted by atomic mass is 31.2. The van der Waals surface area contributed by atoms with E-state index < -0.39 is 49.6 Å². The molecule has 2 N–H and O–H groups in total. The number of aryl methyl sites for hydroxylation is 1. The highest BCUT2D eigenvalue weighted by molar-refractivity contribution is 7.64. The van der Waals surface area contributed by atoms with Crippen molar-refractivity contribution in [3.63, 3.8) is 0 Å². The van der Waals surface area contributed by atoms with Gasteiger partial charge in [0.2, 0.25) is 0 Å². The summed E-state index contributed by atoms with van der Waals surface area (Å²) in [6, 6.07) is 2.63. The summed E-state index contributed by atoms with van der Waals surface area (Å²) in [4.78, 5) is 41.8. The van der Waals surface area contributed by atoms with E-state index in [4.69, 9.17) is 14.2 Å². The average Bonchev–Trinajstić information content (AvgIpc) is 3.25. The largest absolute Gasteiger partial charge is 0.462 e. The molecule has 2 aromatic rings. The summed E-state index contributed by atoms with van der Waals surface area (Å²) >= 11 is 0. The van der Waals surface area contributed by atoms with E-state index in [1.165, 1.54) is 32.2 Å². The number of carbonyl (C=O) groups is 3. The third kappa shape index (κ3) is 5.75. The third-order valence-electron chi connectivity index (χ3n) is 5.87. The van der Waals surface area contributed by atoms with E-state index in [1.54, 1.807) is 34.6 Å². The highest BCUT2D eigenvalue weighted by Crippen LogP contribution is 2.55. The van der Waals surface area contributed by atoms with Gasteiger partial charge >= 0.3 is 11.9 Å². The Balaban J connectivity index is 2.11. The van der Waals surface area contributed by atoms with Crippen LogP contribution in [0.5, 0.6) is 0 Å². The van der Waals surface area contributed by atoms with Gasteiger partial charge < -0.3 is 19.2 Å². The van der Waals surface area contributed by atoms with Crippen molar-refractivity contribution in [2.45, 2.75) is 53.7 Å². The van der Waals surface area contributed by atoms with E-state index >= 15 is 0 Å². The normalized spacial score (nSPS) is 16.5. The molecular formula is C26H33FN3O7P. The summed E-state index contributed by atoms with van der Waals surface area (Å²) in [7, 11) is -2.63. The van der Waals surface area contributed by atoms with Gasteiger partial charge in [-0.25, -0.2) is 18.9 Å². The van der Waals surface area contributed by atoms with Crippen LogP contribution in [-0.2, 0) is 28.4 Å². The van der Waals surface area contributed by atoms with E-state index in [0.717, 1.165) is 10.7 Å². The number of aromatic nitrogens is 1. The number of benzene rings is 1. The van der Waals surface area contributed by atoms with E-state index in [2.05, 4.69) is 10.1 Å². The molecule has 206 valence electrons. The van der Waals surface area contributed by atoms with Crippen molar-refractivity contribution in [1.29, 1.82) is 0 Å². The standard InChI is InChI=1S/C26H33FN3O7P/c1-8-36-26(33)23-15(4)21(28-16(23)5)12-20-19-11-18(27)9-10-22(19)30(24(20)31)38(34,13-35-7)29-17(6)25(32)37-14(2)3/h9-12,14,17,28H,8,13H2,1-7H3,(H,29,34)/b20-12-. The molecule has 1 aromatic carbocycles. The first kappa shape index (κ1) is 29.3. The molecule has 0 bridgehead atoms. The topological polar surface area (TPSA) is 127 Å². The fraction of sp³-hybridized carbons (Fsp3) is 0.423. The van der Waals surface area contributed by atoms with Gasteiger partial charge in [0.25, 0.3) is 13.4 Å². The molecule has 2 heterocycles. The van der Waals surface area contributed by atoms with E-state index in [-0.39, 0.29) is 23.4 Å². The van der Waals surface area contributed by atoms with Gasteiger partial charge in [-0.15, -0.1) is 0 Å². The Morgan fingerprint density at radius 2 is 1.92 bits per heavy atom. The lowest BCUT2D eigenvalue weighted by Gasteiger charge is -2.30. The van der Waals surface area contributed by atoms with Gasteiger partial charge in [0.1, 0.15) is 18.2 Å². The van der Waals surface area contributed by atoms with Crippen LogP contribution in [0, 0.1) is 19.7 Å². The summed E-state index contributed by atoms with van der Waals surface area (Å²) in [5.41, 5.74) is 2.30. The number of methoxy groups -OCH3 is 1. The fourth-order valence-corrected chi connectivity index (χ4v) is 6.59. The van der Waals surface area contributed by atoms with Gasteiger partial charge in [0.15, 0.2) is 0 Å². The zero-order valence-corrected chi connectivity index (χ0v) is 23.4. The van der Waals surface area contributed by atoms with Crippen molar-refractivity contribution in [2.75, 3.05) is 24.7 Å². The Labute approximate surface area is 221 Å². The molecule has 1 aromatic heterocycles. The van der Waals surface area contributed by atoms with Crippen LogP contribution in [0.15, 0.2) is 18.2 Å². The second kappa shape index (κ2) is 11.6. The fourth-order valence-electron chi connectivity index (χ4n) is 4.30. The van der Waals surface area contributed by atoms with Gasteiger partial charge in [-0.1, -0.05) is 0 Å². The maximum absolute atomic E-state index is 14.4. The molecule has 1 aliphatic rings. The molecule has 0 saturated heterocycles. The number of nitrogens with one attached hydrogen (secondary N) is 2. The minimum Gasteiger partial charge on any atom is -0.462 e. The smallest absolute Gasteiger partial charge is 0.340 e. The summed E-state index contributed by atoms with van der Waals surface area (Å²) in [6.07, 6.45) is 0.668. The van der Waals surface area contributed by atoms with E-state index in [0.29, 0.717) is 22.5 Å². The summed E-state index contributed by atoms with van der Waals surface area (Å²) in [5.74, 6) is -2.45. The van der Waals surface area contributed by atoms with Crippen molar-refractivity contribution in [1.82, 2.24) is 10.1 Å². The number of amides is 1. The number of H-pyrrole nitrogens is 1. The average molecular weight is 550 g/mol. The molecule has 2 atom stereocenters. The number of nitrogens with zero attached hydrogens (tertiary/aromatic N) is 1. The lowest BCUT2D eigenvalue weighted by atomic mass is 10.0. The third-order valence-corrected chi connectivity index (χ3v) is 8.31. The molecule has 0 aliphatic carbocycles. The van der Waals surface area contributed by atoms with Crippen molar-refractivity contribution in [3.8, 4) is 0 Å². The number of rotatable bonds is 10. The molecule has 12 heteroatoms. The van der Waals surface area contributed by atoms with Crippen molar-refractivity contribution < 1.29 is 37.5 Å². The molecule has 10 nitrogen and oxygen atoms in total. The van der Waals surface area contributed by atoms with Crippen LogP contribution >= 0.6 is 7.44 Å². The van der Waals surface area contributed by atoms with Gasteiger partial charge in [-0.05, 0) is 71.4 Å². The SMILES string of the molecule is CCOC(=O)c1c(C)[nH]c(/C=C2\C(=O)N(P(=O)(COC)NC(C)C(=O)OC(C)C)c3ccc(F)cc32)c1C. The van der Waals surface area contributed by atoms with Crippen LogP contribution in [0.25, 0.3) is 11.6 Å². The zero-order chi connectivity index (χ0) is 28.4. The van der Waals surface area contributed by atoms with Crippen molar-refractivity contribution >= 4 is 42.6 Å². The number of anilines is 1. The number of fused-ring (bicyclic) bond motifs is 1. The quantitative estimate of drug-likeness (QED) is 0.251. The monoisotopic (exact) mass is 549 g/mol. The van der Waals surface area contributed by atoms with Gasteiger partial charge in [-0.2, -0.15) is 0 Å². The zero-order valence-electron chi connectivity index (χ0n) is 22.5. The maximum Gasteiger partial charge on any atom is 0.340 e. The minimum atomic E-state index is -3.94. The molecule has 1 amide bonds. The van der Waals surface area contributed by atoms with Crippen molar-refractivity contribution in [2.24, 2.45) is 0 Å². The molecule has 38 heavy (non-hydrogen) atoms. The van der Waals surface area contributed by atoms with Crippen LogP contribution in [0.1, 0.15) is 60.6 Å². The van der Waals surface area contributed by atoms with Crippen LogP contribution in [0.3, 0.4) is 0 Å². The Morgan fingerprint density at radius 1 is 1.24 bits per heavy atom. The Bertz CT molecular complexity index is 1330. The molecule has 2 unspecified atom stereocenters. The van der Waals surface area contributed by atoms with Gasteiger partial charge in [0.05, 0.1) is 29.5 Å². The first-order valence-corrected chi connectivity index (χ1v) is 14.0. The summed E-state index contributed by atoms with van der Waals surface area (Å²) < 4.78 is 45.1. The lowest BCUT2D eigenvalue weighted by Crippen LogP contribution is -2.41. The molecule has 1 aliphatic heterocycles. The summed E-state index contributed by atoms with van der Waals surface area (Å²) in [6.45, 7) is 10.1. The second-order valence-electron chi connectivity index (χ2n) is 9.18. The molecule has 0 radical (unpaired) electrons. The molecular weight excluding hydrogens is 516 g/mol. The van der Waals surface area contributed by atoms with Crippen LogP contribution in [-0.4, -0.2) is 55.0 Å². The predicted molar refractivity (Wildman–Crippen MR) is 141 cm³/mol. The predicted octanol–water partition coefficient (Wildman–Crippen LogP) is 4.56. The summed E-state index contributed by atoms with van der Waals surface area (Å²) in [5, 5.41) is 2.74. The number of aromatic amines is 1. The van der Waals surface area contributed by atoms with E-state index in [1.807, 2.05) is 0 Å².